The Morgan fingerprint density at radius 3 is 2.62 bits per heavy atom. The van der Waals surface area contributed by atoms with Crippen LogP contribution >= 0.6 is 0 Å². The molecule has 8 heteroatoms. The summed E-state index contributed by atoms with van der Waals surface area (Å²) in [6.45, 7) is 6.71. The first-order valence-corrected chi connectivity index (χ1v) is 12.7. The predicted octanol–water partition coefficient (Wildman–Crippen LogP) is 1.56. The summed E-state index contributed by atoms with van der Waals surface area (Å²) >= 11 is 0. The van der Waals surface area contributed by atoms with Gasteiger partial charge in [-0.1, -0.05) is 0 Å². The van der Waals surface area contributed by atoms with Crippen LogP contribution in [0, 0.1) is 0 Å². The highest BCUT2D eigenvalue weighted by molar-refractivity contribution is 6.01. The molecule has 1 saturated heterocycles. The van der Waals surface area contributed by atoms with Gasteiger partial charge in [0.1, 0.15) is 11.9 Å². The van der Waals surface area contributed by atoms with Gasteiger partial charge < -0.3 is 19.5 Å². The van der Waals surface area contributed by atoms with Crippen molar-refractivity contribution in [1.29, 1.82) is 0 Å². The quantitative estimate of drug-likeness (QED) is 0.656. The number of carbonyl (C=O) groups is 2. The molecule has 3 aliphatic heterocycles. The summed E-state index contributed by atoms with van der Waals surface area (Å²) in [7, 11) is 0. The molecular weight excluding hydrogens is 434 g/mol. The first-order valence-electron chi connectivity index (χ1n) is 12.7. The zero-order valence-electron chi connectivity index (χ0n) is 20.2. The second kappa shape index (κ2) is 9.66. The molecule has 1 aromatic carbocycles. The number of rotatable bonds is 6. The Bertz CT molecular complexity index is 969. The van der Waals surface area contributed by atoms with E-state index < -0.39 is 6.04 Å². The van der Waals surface area contributed by atoms with Crippen molar-refractivity contribution in [2.75, 3.05) is 13.1 Å². The van der Waals surface area contributed by atoms with Crippen molar-refractivity contribution in [3.8, 4) is 5.75 Å². The van der Waals surface area contributed by atoms with E-state index in [0.29, 0.717) is 37.1 Å². The molecule has 8 nitrogen and oxygen atoms in total. The number of ether oxygens (including phenoxy) is 2. The van der Waals surface area contributed by atoms with Gasteiger partial charge in [-0.3, -0.25) is 9.69 Å². The smallest absolute Gasteiger partial charge is 0.388 e. The van der Waals surface area contributed by atoms with E-state index in [1.54, 1.807) is 4.90 Å². The van der Waals surface area contributed by atoms with E-state index in [9.17, 15) is 14.7 Å². The lowest BCUT2D eigenvalue weighted by Crippen LogP contribution is -2.82. The van der Waals surface area contributed by atoms with Gasteiger partial charge in [-0.05, 0) is 76.1 Å². The minimum atomic E-state index is -0.483. The number of amides is 2. The minimum absolute atomic E-state index is 0.112. The van der Waals surface area contributed by atoms with Gasteiger partial charge in [0.2, 0.25) is 0 Å². The number of nitrogens with zero attached hydrogens (tertiary/aromatic N) is 2. The fourth-order valence-electron chi connectivity index (χ4n) is 6.01. The molecule has 4 aliphatic rings. The summed E-state index contributed by atoms with van der Waals surface area (Å²) in [6.07, 6.45) is 7.03. The van der Waals surface area contributed by atoms with Crippen LogP contribution in [0.1, 0.15) is 74.7 Å². The summed E-state index contributed by atoms with van der Waals surface area (Å²) in [4.78, 5) is 31.2. The molecule has 3 heterocycles. The SMILES string of the molecule is CC(C)OC1CCN(C2CCCC2Oc2ccc3c(c2)CN(C2CCC(=O)[NH+]=C2O)C3=O)CC1. The number of carbonyl (C=O) groups excluding carboxylic acids is 2. The fraction of sp³-hybridized carbons (Fsp3) is 0.654. The van der Waals surface area contributed by atoms with Crippen LogP contribution in [0.5, 0.6) is 5.75 Å². The number of aliphatic hydroxyl groups excluding tert-OH is 1. The minimum Gasteiger partial charge on any atom is -0.489 e. The number of aliphatic hydroxyl groups is 1. The van der Waals surface area contributed by atoms with Gasteiger partial charge in [0.05, 0.1) is 18.6 Å². The van der Waals surface area contributed by atoms with Crippen LogP contribution in [-0.2, 0) is 16.1 Å². The van der Waals surface area contributed by atoms with Crippen LogP contribution in [0.3, 0.4) is 0 Å². The Labute approximate surface area is 200 Å². The Morgan fingerprint density at radius 2 is 1.88 bits per heavy atom. The molecule has 0 spiro atoms. The molecule has 0 aromatic heterocycles. The molecule has 0 radical (unpaired) electrons. The maximum absolute atomic E-state index is 13.0. The zero-order chi connectivity index (χ0) is 23.8. The first-order chi connectivity index (χ1) is 16.4. The summed E-state index contributed by atoms with van der Waals surface area (Å²) < 4.78 is 12.5. The van der Waals surface area contributed by atoms with E-state index in [1.165, 1.54) is 0 Å². The highest BCUT2D eigenvalue weighted by Gasteiger charge is 2.41. The fourth-order valence-corrected chi connectivity index (χ4v) is 6.01. The highest BCUT2D eigenvalue weighted by atomic mass is 16.5. The molecule has 184 valence electrons. The molecule has 34 heavy (non-hydrogen) atoms. The number of hydrogen-bond donors (Lipinski definition) is 2. The molecule has 1 aliphatic carbocycles. The van der Waals surface area contributed by atoms with Crippen molar-refractivity contribution in [2.45, 2.75) is 95.7 Å². The van der Waals surface area contributed by atoms with E-state index in [0.717, 1.165) is 56.5 Å². The van der Waals surface area contributed by atoms with Gasteiger partial charge in [-0.25, -0.2) is 4.79 Å². The third-order valence-corrected chi connectivity index (χ3v) is 7.63. The predicted molar refractivity (Wildman–Crippen MR) is 126 cm³/mol. The van der Waals surface area contributed by atoms with Crippen molar-refractivity contribution in [1.82, 2.24) is 9.80 Å². The number of nitrogens with one attached hydrogen (secondary N) is 1. The van der Waals surface area contributed by atoms with Gasteiger partial charge in [-0.2, -0.15) is 0 Å². The van der Waals surface area contributed by atoms with Crippen molar-refractivity contribution >= 4 is 17.7 Å². The number of benzene rings is 1. The maximum atomic E-state index is 13.0. The molecule has 1 aromatic rings. The van der Waals surface area contributed by atoms with Gasteiger partial charge >= 0.3 is 11.8 Å². The summed E-state index contributed by atoms with van der Waals surface area (Å²) in [5.41, 5.74) is 1.56. The van der Waals surface area contributed by atoms with E-state index >= 15 is 0 Å². The monoisotopic (exact) mass is 470 g/mol. The lowest BCUT2D eigenvalue weighted by atomic mass is 10.0. The third kappa shape index (κ3) is 4.70. The van der Waals surface area contributed by atoms with Crippen LogP contribution in [0.4, 0.5) is 0 Å². The van der Waals surface area contributed by atoms with Gasteiger partial charge in [0.15, 0.2) is 6.04 Å². The molecule has 0 bridgehead atoms. The Balaban J connectivity index is 1.23. The normalized spacial score (nSPS) is 28.5. The van der Waals surface area contributed by atoms with Crippen molar-refractivity contribution in [3.05, 3.63) is 29.3 Å². The Kier molecular flexibility index (Phi) is 6.62. The van der Waals surface area contributed by atoms with Gasteiger partial charge in [-0.15, -0.1) is 4.99 Å². The second-order valence-electron chi connectivity index (χ2n) is 10.3. The third-order valence-electron chi connectivity index (χ3n) is 7.63. The summed E-state index contributed by atoms with van der Waals surface area (Å²) in [5.74, 6) is 0.342. The standard InChI is InChI=1S/C26H35N3O5/c1-16(2)33-18-10-12-28(13-11-18)21-4-3-5-23(21)34-19-6-7-20-17(14-19)15-29(26(20)32)22-8-9-24(30)27-25(22)31/h6-7,14,16,18,21-23H,3-5,8-13,15H2,1-2H3,(H,27,30,31)/p+1. The molecule has 1 saturated carbocycles. The van der Waals surface area contributed by atoms with E-state index in [4.69, 9.17) is 9.47 Å². The molecule has 5 rings (SSSR count). The number of piperidine rings is 1. The van der Waals surface area contributed by atoms with Crippen LogP contribution in [0.15, 0.2) is 18.2 Å². The Hall–Kier alpha value is -2.45. The zero-order valence-corrected chi connectivity index (χ0v) is 20.2. The lowest BCUT2D eigenvalue weighted by Gasteiger charge is -2.38. The van der Waals surface area contributed by atoms with Crippen LogP contribution in [-0.4, -0.2) is 76.1 Å². The molecular formula is C26H36N3O5+. The molecule has 2 amide bonds. The van der Waals surface area contributed by atoms with Gasteiger partial charge in [0.25, 0.3) is 5.91 Å². The average Bonchev–Trinajstić information content (AvgIpc) is 3.38. The largest absolute Gasteiger partial charge is 0.489 e. The van der Waals surface area contributed by atoms with Gasteiger partial charge in [0, 0.05) is 31.2 Å². The lowest BCUT2D eigenvalue weighted by molar-refractivity contribution is -0.394. The number of fused-ring (bicyclic) bond motifs is 1. The highest BCUT2D eigenvalue weighted by Crippen LogP contribution is 2.34. The molecule has 2 fully saturated rings. The van der Waals surface area contributed by atoms with Crippen LogP contribution in [0.2, 0.25) is 0 Å². The Morgan fingerprint density at radius 1 is 1.09 bits per heavy atom. The summed E-state index contributed by atoms with van der Waals surface area (Å²) in [6, 6.07) is 5.64. The van der Waals surface area contributed by atoms with Crippen molar-refractivity contribution in [2.24, 2.45) is 0 Å². The summed E-state index contributed by atoms with van der Waals surface area (Å²) in [5, 5.41) is 10.2. The topological polar surface area (TPSA) is 93.3 Å². The molecule has 2 N–H and O–H groups in total. The molecule has 3 atom stereocenters. The maximum Gasteiger partial charge on any atom is 0.388 e. The number of hydrogen-bond acceptors (Lipinski definition) is 5. The average molecular weight is 471 g/mol. The van der Waals surface area contributed by atoms with E-state index in [-0.39, 0.29) is 29.9 Å². The van der Waals surface area contributed by atoms with Crippen LogP contribution < -0.4 is 9.73 Å². The first kappa shape index (κ1) is 23.3. The number of likely N-dealkylation sites (tertiary alicyclic amines) is 1. The van der Waals surface area contributed by atoms with Crippen molar-refractivity contribution < 1.29 is 29.2 Å². The second-order valence-corrected chi connectivity index (χ2v) is 10.3. The van der Waals surface area contributed by atoms with E-state index in [1.807, 2.05) is 18.2 Å². The van der Waals surface area contributed by atoms with Crippen LogP contribution in [0.25, 0.3) is 0 Å². The molecule has 3 unspecified atom stereocenters. The van der Waals surface area contributed by atoms with E-state index in [2.05, 4.69) is 23.7 Å². The van der Waals surface area contributed by atoms with Crippen molar-refractivity contribution in [3.63, 3.8) is 0 Å².